The number of hydrogen-bond donors (Lipinski definition) is 0. The Kier molecular flexibility index (Phi) is 5.73. The van der Waals surface area contributed by atoms with Crippen LogP contribution in [-0.2, 0) is 17.6 Å². The number of benzene rings is 3. The molecule has 0 N–H and O–H groups in total. The van der Waals surface area contributed by atoms with Crippen LogP contribution < -0.4 is 9.91 Å². The molecule has 0 bridgehead atoms. The van der Waals surface area contributed by atoms with Crippen LogP contribution in [0.15, 0.2) is 82.4 Å². The van der Waals surface area contributed by atoms with E-state index in [1.54, 1.807) is 5.01 Å². The van der Waals surface area contributed by atoms with Crippen LogP contribution in [-0.4, -0.2) is 24.2 Å². The predicted octanol–water partition coefficient (Wildman–Crippen LogP) is 6.90. The van der Waals surface area contributed by atoms with Gasteiger partial charge in [0.05, 0.1) is 11.4 Å². The lowest BCUT2D eigenvalue weighted by molar-refractivity contribution is -0.125. The van der Waals surface area contributed by atoms with Gasteiger partial charge >= 0.3 is 0 Å². The Morgan fingerprint density at radius 2 is 1.86 bits per heavy atom. The molecule has 3 aliphatic heterocycles. The Morgan fingerprint density at radius 3 is 2.63 bits per heavy atom. The number of carbonyl (C=O) groups excluding carboxylic acids is 1. The van der Waals surface area contributed by atoms with Gasteiger partial charge in [-0.05, 0) is 92.1 Å². The number of carbonyl (C=O) groups is 1. The summed E-state index contributed by atoms with van der Waals surface area (Å²) in [5.41, 5.74) is 4.82. The monoisotopic (exact) mass is 547 g/mol. The highest BCUT2D eigenvalue weighted by molar-refractivity contribution is 9.10. The second kappa shape index (κ2) is 8.79. The summed E-state index contributed by atoms with van der Waals surface area (Å²) in [7, 11) is 0. The highest BCUT2D eigenvalue weighted by atomic mass is 79.9. The lowest BCUT2D eigenvalue weighted by Gasteiger charge is -2.52. The zero-order chi connectivity index (χ0) is 24.2. The van der Waals surface area contributed by atoms with Gasteiger partial charge < -0.3 is 4.90 Å². The van der Waals surface area contributed by atoms with Crippen LogP contribution >= 0.6 is 27.5 Å². The van der Waals surface area contributed by atoms with Crippen LogP contribution in [0.3, 0.4) is 0 Å². The molecule has 0 aliphatic carbocycles. The maximum Gasteiger partial charge on any atom is 0.261 e. The summed E-state index contributed by atoms with van der Waals surface area (Å²) >= 11 is 9.77. The standard InChI is InChI=1S/C29H27BrClN3O/c1-19-29(28(35)34(32-19)25-10-8-24(31)9-11-25)18-22-17-23(30)7-12-26(22)33-14-13-21(16-27(29)33)15-20-5-3-2-4-6-20/h2-12,17,21,27H,13-16,18H2,1H3/t21-,27-,29+/m0/s1. The lowest BCUT2D eigenvalue weighted by Crippen LogP contribution is -2.62. The Balaban J connectivity index is 1.41. The molecule has 1 amide bonds. The minimum atomic E-state index is -0.678. The molecule has 178 valence electrons. The molecule has 3 aromatic carbocycles. The van der Waals surface area contributed by atoms with Gasteiger partial charge in [0, 0.05) is 27.8 Å². The normalized spacial score (nSPS) is 25.5. The Labute approximate surface area is 219 Å². The molecule has 0 saturated carbocycles. The molecule has 0 aromatic heterocycles. The van der Waals surface area contributed by atoms with Crippen LogP contribution in [0.5, 0.6) is 0 Å². The van der Waals surface area contributed by atoms with Crippen molar-refractivity contribution in [3.8, 4) is 0 Å². The third-order valence-electron chi connectivity index (χ3n) is 8.01. The van der Waals surface area contributed by atoms with Gasteiger partial charge in [0.1, 0.15) is 5.41 Å². The minimum Gasteiger partial charge on any atom is -0.367 e. The van der Waals surface area contributed by atoms with E-state index in [0.717, 1.165) is 41.7 Å². The van der Waals surface area contributed by atoms with E-state index in [2.05, 4.69) is 69.4 Å². The van der Waals surface area contributed by atoms with Crippen molar-refractivity contribution in [3.63, 3.8) is 0 Å². The third-order valence-corrected chi connectivity index (χ3v) is 8.75. The summed E-state index contributed by atoms with van der Waals surface area (Å²) < 4.78 is 1.04. The highest BCUT2D eigenvalue weighted by Crippen LogP contribution is 2.51. The molecule has 35 heavy (non-hydrogen) atoms. The molecule has 1 saturated heterocycles. The molecule has 1 fully saturated rings. The van der Waals surface area contributed by atoms with Crippen molar-refractivity contribution in [2.75, 3.05) is 16.5 Å². The first-order valence-corrected chi connectivity index (χ1v) is 13.4. The van der Waals surface area contributed by atoms with Crippen molar-refractivity contribution >= 4 is 50.5 Å². The van der Waals surface area contributed by atoms with Crippen LogP contribution in [0.1, 0.15) is 30.9 Å². The van der Waals surface area contributed by atoms with Crippen molar-refractivity contribution in [2.45, 2.75) is 38.6 Å². The second-order valence-corrected chi connectivity index (χ2v) is 11.3. The number of rotatable bonds is 3. The van der Waals surface area contributed by atoms with Crippen LogP contribution in [0.4, 0.5) is 11.4 Å². The summed E-state index contributed by atoms with van der Waals surface area (Å²) in [6.07, 6.45) is 3.79. The zero-order valence-electron chi connectivity index (χ0n) is 19.6. The van der Waals surface area contributed by atoms with E-state index in [4.69, 9.17) is 16.7 Å². The topological polar surface area (TPSA) is 35.9 Å². The molecule has 6 heteroatoms. The smallest absolute Gasteiger partial charge is 0.261 e. The van der Waals surface area contributed by atoms with E-state index < -0.39 is 5.41 Å². The fourth-order valence-electron chi connectivity index (χ4n) is 6.29. The fourth-order valence-corrected chi connectivity index (χ4v) is 6.83. The van der Waals surface area contributed by atoms with Gasteiger partial charge in [-0.1, -0.05) is 57.9 Å². The highest BCUT2D eigenvalue weighted by Gasteiger charge is 2.59. The van der Waals surface area contributed by atoms with Gasteiger partial charge in [0.15, 0.2) is 0 Å². The van der Waals surface area contributed by atoms with Crippen molar-refractivity contribution in [1.29, 1.82) is 0 Å². The van der Waals surface area contributed by atoms with Crippen LogP contribution in [0.2, 0.25) is 5.02 Å². The van der Waals surface area contributed by atoms with Crippen molar-refractivity contribution < 1.29 is 4.79 Å². The number of fused-ring (bicyclic) bond motifs is 4. The van der Waals surface area contributed by atoms with Crippen molar-refractivity contribution in [1.82, 2.24) is 0 Å². The summed E-state index contributed by atoms with van der Waals surface area (Å²) in [5, 5.41) is 7.11. The molecule has 3 heterocycles. The van der Waals surface area contributed by atoms with Crippen LogP contribution in [0.25, 0.3) is 0 Å². The number of piperidine rings is 1. The molecule has 3 aliphatic rings. The molecule has 3 aromatic rings. The van der Waals surface area contributed by atoms with Gasteiger partial charge in [0.2, 0.25) is 0 Å². The van der Waals surface area contributed by atoms with Crippen molar-refractivity contribution in [3.05, 3.63) is 93.4 Å². The molecular weight excluding hydrogens is 522 g/mol. The van der Waals surface area contributed by atoms with E-state index >= 15 is 0 Å². The molecule has 4 nitrogen and oxygen atoms in total. The lowest BCUT2D eigenvalue weighted by atomic mass is 9.64. The Bertz CT molecular complexity index is 1310. The number of halogens is 2. The Hall–Kier alpha value is -2.63. The van der Waals surface area contributed by atoms with Crippen molar-refractivity contribution in [2.24, 2.45) is 16.4 Å². The maximum atomic E-state index is 14.3. The van der Waals surface area contributed by atoms with E-state index in [1.165, 1.54) is 16.8 Å². The summed E-state index contributed by atoms with van der Waals surface area (Å²) in [6.45, 7) is 2.98. The van der Waals surface area contributed by atoms with E-state index in [9.17, 15) is 4.79 Å². The average Bonchev–Trinajstić information content (AvgIpc) is 3.10. The first kappa shape index (κ1) is 22.8. The van der Waals surface area contributed by atoms with E-state index in [0.29, 0.717) is 17.4 Å². The summed E-state index contributed by atoms with van der Waals surface area (Å²) in [4.78, 5) is 16.8. The first-order chi connectivity index (χ1) is 17.0. The summed E-state index contributed by atoms with van der Waals surface area (Å²) in [5.74, 6) is 0.594. The maximum absolute atomic E-state index is 14.3. The predicted molar refractivity (Wildman–Crippen MR) is 146 cm³/mol. The largest absolute Gasteiger partial charge is 0.367 e. The molecule has 6 rings (SSSR count). The molecule has 0 radical (unpaired) electrons. The summed E-state index contributed by atoms with van der Waals surface area (Å²) in [6, 6.07) is 24.7. The van der Waals surface area contributed by atoms with Gasteiger partial charge in [-0.25, -0.2) is 0 Å². The SMILES string of the molecule is CC1=NN(c2ccc(Cl)cc2)C(=O)[C@]12Cc1cc(Br)ccc1N1CC[C@@H](Cc3ccccc3)C[C@H]12. The number of hydrazone groups is 1. The van der Waals surface area contributed by atoms with Gasteiger partial charge in [-0.3, -0.25) is 4.79 Å². The average molecular weight is 549 g/mol. The Morgan fingerprint density at radius 1 is 1.09 bits per heavy atom. The second-order valence-electron chi connectivity index (χ2n) is 9.99. The minimum absolute atomic E-state index is 0.0679. The van der Waals surface area contributed by atoms with Crippen LogP contribution in [0, 0.1) is 11.3 Å². The van der Waals surface area contributed by atoms with E-state index in [1.807, 2.05) is 31.2 Å². The number of hydrogen-bond acceptors (Lipinski definition) is 3. The van der Waals surface area contributed by atoms with Gasteiger partial charge in [-0.2, -0.15) is 10.1 Å². The number of nitrogens with zero attached hydrogens (tertiary/aromatic N) is 3. The zero-order valence-corrected chi connectivity index (χ0v) is 22.0. The molecule has 0 unspecified atom stereocenters. The quantitative estimate of drug-likeness (QED) is 0.357. The third kappa shape index (κ3) is 3.80. The first-order valence-electron chi connectivity index (χ1n) is 12.2. The van der Waals surface area contributed by atoms with Gasteiger partial charge in [-0.15, -0.1) is 0 Å². The molecule has 3 atom stereocenters. The molecular formula is C29H27BrClN3O. The van der Waals surface area contributed by atoms with Gasteiger partial charge in [0.25, 0.3) is 5.91 Å². The molecule has 1 spiro atoms. The fraction of sp³-hybridized carbons (Fsp3) is 0.310. The van der Waals surface area contributed by atoms with E-state index in [-0.39, 0.29) is 11.9 Å². The number of anilines is 2. The number of amides is 1.